The van der Waals surface area contributed by atoms with Crippen molar-refractivity contribution in [3.05, 3.63) is 12.2 Å². The number of carbonyl (C=O) groups excluding carboxylic acids is 1. The molecule has 0 heterocycles. The minimum atomic E-state index is -0.851. The molecule has 6 nitrogen and oxygen atoms in total. The lowest BCUT2D eigenvalue weighted by Gasteiger charge is -2.60. The maximum atomic E-state index is 12.9. The molecule has 0 aromatic carbocycles. The summed E-state index contributed by atoms with van der Waals surface area (Å²) in [6.07, 6.45) is 9.91. The zero-order valence-electron chi connectivity index (χ0n) is 14.7. The van der Waals surface area contributed by atoms with Crippen LogP contribution in [0.25, 0.3) is 0 Å². The van der Waals surface area contributed by atoms with Crippen molar-refractivity contribution < 1.29 is 14.7 Å². The molecule has 0 radical (unpaired) electrons. The van der Waals surface area contributed by atoms with Gasteiger partial charge in [-0.15, -0.1) is 0 Å². The van der Waals surface area contributed by atoms with E-state index in [0.29, 0.717) is 36.9 Å². The lowest BCUT2D eigenvalue weighted by molar-refractivity contribution is -0.154. The summed E-state index contributed by atoms with van der Waals surface area (Å²) in [5.41, 5.74) is 5.25. The van der Waals surface area contributed by atoms with Gasteiger partial charge in [0.25, 0.3) is 0 Å². The topological polar surface area (TPSA) is 95.7 Å². The molecule has 4 N–H and O–H groups in total. The van der Waals surface area contributed by atoms with E-state index in [0.717, 1.165) is 44.9 Å². The number of hydrogen-bond acceptors (Lipinski definition) is 3. The van der Waals surface area contributed by atoms with E-state index in [-0.39, 0.29) is 17.4 Å². The van der Waals surface area contributed by atoms with Crippen LogP contribution < -0.4 is 11.1 Å². The Kier molecular flexibility index (Phi) is 4.26. The number of amides is 2. The van der Waals surface area contributed by atoms with Crippen LogP contribution in [0.4, 0.5) is 4.79 Å². The van der Waals surface area contributed by atoms with E-state index in [4.69, 9.17) is 5.73 Å². The second kappa shape index (κ2) is 6.31. The number of hydrogen-bond donors (Lipinski definition) is 3. The summed E-state index contributed by atoms with van der Waals surface area (Å²) in [6, 6.07) is 0.451. The van der Waals surface area contributed by atoms with Gasteiger partial charge in [-0.3, -0.25) is 4.79 Å². The second-order valence-corrected chi connectivity index (χ2v) is 8.63. The molecule has 5 aliphatic carbocycles. The van der Waals surface area contributed by atoms with Gasteiger partial charge in [0.1, 0.15) is 0 Å². The fraction of sp³-hybridized carbons (Fsp3) is 0.789. The van der Waals surface area contributed by atoms with Gasteiger partial charge < -0.3 is 21.1 Å². The van der Waals surface area contributed by atoms with Crippen LogP contribution in [0, 0.1) is 23.2 Å². The first kappa shape index (κ1) is 16.9. The number of carboxylic acid groups (broad SMARTS) is 1. The molecule has 5 fully saturated rings. The minimum absolute atomic E-state index is 0.0540. The predicted molar refractivity (Wildman–Crippen MR) is 93.9 cm³/mol. The van der Waals surface area contributed by atoms with Gasteiger partial charge in [-0.05, 0) is 62.7 Å². The number of rotatable bonds is 6. The summed E-state index contributed by atoms with van der Waals surface area (Å²) in [7, 11) is 0. The maximum absolute atomic E-state index is 12.9. The van der Waals surface area contributed by atoms with E-state index in [1.807, 2.05) is 12.2 Å². The van der Waals surface area contributed by atoms with Gasteiger partial charge in [-0.1, -0.05) is 12.2 Å². The highest BCUT2D eigenvalue weighted by Gasteiger charge is 2.60. The molecule has 0 spiro atoms. The number of carbonyl (C=O) groups is 2. The van der Waals surface area contributed by atoms with Gasteiger partial charge in [0.2, 0.25) is 5.91 Å². The van der Waals surface area contributed by atoms with E-state index in [9.17, 15) is 14.7 Å². The summed E-state index contributed by atoms with van der Waals surface area (Å²) >= 11 is 0. The first-order chi connectivity index (χ1) is 12.0. The lowest BCUT2D eigenvalue weighted by Crippen LogP contribution is -2.63. The second-order valence-electron chi connectivity index (χ2n) is 8.63. The van der Waals surface area contributed by atoms with Gasteiger partial charge in [-0.25, -0.2) is 4.79 Å². The maximum Gasteiger partial charge on any atom is 0.407 e. The molecule has 138 valence electrons. The highest BCUT2D eigenvalue weighted by molar-refractivity contribution is 5.84. The summed E-state index contributed by atoms with van der Waals surface area (Å²) < 4.78 is 0. The predicted octanol–water partition coefficient (Wildman–Crippen LogP) is 1.95. The Bertz CT molecular complexity index is 570. The molecule has 0 aromatic heterocycles. The molecular formula is C19H29N3O3. The van der Waals surface area contributed by atoms with Crippen molar-refractivity contribution in [2.75, 3.05) is 13.1 Å². The van der Waals surface area contributed by atoms with E-state index in [1.165, 1.54) is 0 Å². The third-order valence-corrected chi connectivity index (χ3v) is 6.83. The van der Waals surface area contributed by atoms with Crippen LogP contribution >= 0.6 is 0 Å². The van der Waals surface area contributed by atoms with E-state index in [1.54, 1.807) is 4.90 Å². The lowest BCUT2D eigenvalue weighted by atomic mass is 9.47. The van der Waals surface area contributed by atoms with E-state index in [2.05, 4.69) is 5.32 Å². The fourth-order valence-electron chi connectivity index (χ4n) is 5.96. The molecule has 0 aromatic rings. The van der Waals surface area contributed by atoms with Gasteiger partial charge in [0, 0.05) is 25.2 Å². The van der Waals surface area contributed by atoms with Crippen molar-refractivity contribution in [2.45, 2.75) is 57.0 Å². The molecule has 5 rings (SSSR count). The Morgan fingerprint density at radius 3 is 2.40 bits per heavy atom. The largest absolute Gasteiger partial charge is 0.465 e. The zero-order valence-corrected chi connectivity index (χ0v) is 14.7. The molecule has 5 saturated carbocycles. The number of nitrogens with two attached hydrogens (primary N) is 1. The van der Waals surface area contributed by atoms with Crippen LogP contribution in [-0.4, -0.2) is 47.2 Å². The third kappa shape index (κ3) is 3.05. The Labute approximate surface area is 148 Å². The molecule has 5 aliphatic rings. The number of nitrogens with zero attached hydrogens (tertiary/aromatic N) is 1. The molecule has 2 amide bonds. The van der Waals surface area contributed by atoms with Crippen LogP contribution in [0.15, 0.2) is 12.2 Å². The standard InChI is InChI=1S/C19H29N3O3/c20-5-1-2-6-22(18(24)25)16-13-7-12-8-14(16)11-19(9-12,10-13)17(23)21-15-3-4-15/h1-2,12-16H,3-11,20H2,(H,21,23)(H,24,25)/b2-1+/t12-,13-,14+,16+,19-. The third-order valence-electron chi connectivity index (χ3n) is 6.83. The van der Waals surface area contributed by atoms with Gasteiger partial charge in [0.15, 0.2) is 0 Å². The number of nitrogens with one attached hydrogen (secondary N) is 1. The average molecular weight is 347 g/mol. The minimum Gasteiger partial charge on any atom is -0.465 e. The highest BCUT2D eigenvalue weighted by Crippen LogP contribution is 2.61. The van der Waals surface area contributed by atoms with E-state index < -0.39 is 6.09 Å². The molecule has 6 heteroatoms. The quantitative estimate of drug-likeness (QED) is 0.640. The van der Waals surface area contributed by atoms with Crippen molar-refractivity contribution in [3.63, 3.8) is 0 Å². The van der Waals surface area contributed by atoms with Crippen LogP contribution in [-0.2, 0) is 4.79 Å². The van der Waals surface area contributed by atoms with Crippen LogP contribution in [0.3, 0.4) is 0 Å². The Morgan fingerprint density at radius 2 is 1.84 bits per heavy atom. The zero-order chi connectivity index (χ0) is 17.6. The highest BCUT2D eigenvalue weighted by atomic mass is 16.4. The Hall–Kier alpha value is -1.56. The summed E-state index contributed by atoms with van der Waals surface area (Å²) in [6.45, 7) is 0.827. The fourth-order valence-corrected chi connectivity index (χ4v) is 5.96. The molecule has 0 unspecified atom stereocenters. The van der Waals surface area contributed by atoms with Crippen LogP contribution in [0.5, 0.6) is 0 Å². The monoisotopic (exact) mass is 347 g/mol. The van der Waals surface area contributed by atoms with Gasteiger partial charge >= 0.3 is 6.09 Å². The molecule has 0 saturated heterocycles. The molecule has 25 heavy (non-hydrogen) atoms. The van der Waals surface area contributed by atoms with Crippen molar-refractivity contribution in [1.29, 1.82) is 0 Å². The van der Waals surface area contributed by atoms with Crippen molar-refractivity contribution in [3.8, 4) is 0 Å². The Balaban J connectivity index is 1.52. The smallest absolute Gasteiger partial charge is 0.407 e. The molecule has 4 bridgehead atoms. The first-order valence-electron chi connectivity index (χ1n) is 9.68. The van der Waals surface area contributed by atoms with Gasteiger partial charge in [0.05, 0.1) is 5.41 Å². The van der Waals surface area contributed by atoms with Crippen molar-refractivity contribution >= 4 is 12.0 Å². The van der Waals surface area contributed by atoms with Crippen LogP contribution in [0.1, 0.15) is 44.9 Å². The molecule has 5 atom stereocenters. The van der Waals surface area contributed by atoms with Crippen molar-refractivity contribution in [2.24, 2.45) is 28.9 Å². The average Bonchev–Trinajstić information content (AvgIpc) is 3.36. The van der Waals surface area contributed by atoms with E-state index >= 15 is 0 Å². The first-order valence-corrected chi connectivity index (χ1v) is 9.68. The SMILES string of the molecule is NC/C=C/CN(C(=O)O)[C@H]1[C@@H]2C[C@@H]3C[C@H]1C[C@@](C(=O)NC1CC1)(C3)C2. The van der Waals surface area contributed by atoms with Crippen molar-refractivity contribution in [1.82, 2.24) is 10.2 Å². The van der Waals surface area contributed by atoms with Crippen LogP contribution in [0.2, 0.25) is 0 Å². The summed E-state index contributed by atoms with van der Waals surface area (Å²) in [4.78, 5) is 26.4. The summed E-state index contributed by atoms with van der Waals surface area (Å²) in [5.74, 6) is 1.48. The summed E-state index contributed by atoms with van der Waals surface area (Å²) in [5, 5.41) is 13.0. The van der Waals surface area contributed by atoms with Gasteiger partial charge in [-0.2, -0.15) is 0 Å². The normalized spacial score (nSPS) is 38.9. The molecular weight excluding hydrogens is 318 g/mol. The molecule has 0 aliphatic heterocycles. The Morgan fingerprint density at radius 1 is 1.16 bits per heavy atom.